The van der Waals surface area contributed by atoms with Crippen molar-refractivity contribution in [2.24, 2.45) is 5.92 Å². The molecule has 1 aliphatic carbocycles. The Morgan fingerprint density at radius 1 is 1.44 bits per heavy atom. The topological polar surface area (TPSA) is 83.7 Å². The van der Waals surface area contributed by atoms with E-state index in [0.29, 0.717) is 18.2 Å². The molecule has 1 aliphatic rings. The van der Waals surface area contributed by atoms with Gasteiger partial charge in [0, 0.05) is 12.6 Å². The molecule has 0 radical (unpaired) electrons. The van der Waals surface area contributed by atoms with E-state index in [-0.39, 0.29) is 12.2 Å². The van der Waals surface area contributed by atoms with Crippen LogP contribution in [-0.4, -0.2) is 29.1 Å². The van der Waals surface area contributed by atoms with Crippen LogP contribution >= 0.6 is 0 Å². The summed E-state index contributed by atoms with van der Waals surface area (Å²) in [5.74, 6) is -0.516. The van der Waals surface area contributed by atoms with Crippen LogP contribution in [0.3, 0.4) is 0 Å². The van der Waals surface area contributed by atoms with Gasteiger partial charge in [-0.15, -0.1) is 0 Å². The second-order valence-corrected chi connectivity index (χ2v) is 4.46. The largest absolute Gasteiger partial charge is 0.480 e. The van der Waals surface area contributed by atoms with Crippen molar-refractivity contribution in [3.8, 4) is 0 Å². The Morgan fingerprint density at radius 3 is 2.67 bits per heavy atom. The number of hydrogen-bond donors (Lipinski definition) is 1. The van der Waals surface area contributed by atoms with E-state index in [2.05, 4.69) is 0 Å². The molecule has 0 heterocycles. The van der Waals surface area contributed by atoms with Crippen molar-refractivity contribution in [1.82, 2.24) is 0 Å². The van der Waals surface area contributed by atoms with Crippen LogP contribution in [-0.2, 0) is 4.79 Å². The highest BCUT2D eigenvalue weighted by molar-refractivity contribution is 5.76. The van der Waals surface area contributed by atoms with E-state index < -0.39 is 10.9 Å². The molecule has 1 N–H and O–H groups in total. The molecule has 0 unspecified atom stereocenters. The van der Waals surface area contributed by atoms with E-state index in [1.165, 1.54) is 6.07 Å². The maximum Gasteiger partial charge on any atom is 0.323 e. The molecule has 96 valence electrons. The summed E-state index contributed by atoms with van der Waals surface area (Å²) < 4.78 is 0. The van der Waals surface area contributed by atoms with Crippen LogP contribution in [0.15, 0.2) is 24.3 Å². The molecule has 0 aliphatic heterocycles. The van der Waals surface area contributed by atoms with Crippen LogP contribution < -0.4 is 4.90 Å². The summed E-state index contributed by atoms with van der Waals surface area (Å²) in [6.45, 7) is 0.360. The number of aliphatic carboxylic acids is 1. The maximum atomic E-state index is 10.9. The lowest BCUT2D eigenvalue weighted by atomic mass is 10.2. The SMILES string of the molecule is O=C(O)CN(CC1CC1)c1ccccc1[N+](=O)[O-]. The summed E-state index contributed by atoms with van der Waals surface area (Å²) in [5.41, 5.74) is 0.344. The molecule has 0 saturated heterocycles. The number of benzene rings is 1. The fourth-order valence-electron chi connectivity index (χ4n) is 1.91. The fraction of sp³-hybridized carbons (Fsp3) is 0.417. The van der Waals surface area contributed by atoms with Crippen molar-refractivity contribution < 1.29 is 14.8 Å². The zero-order chi connectivity index (χ0) is 13.1. The van der Waals surface area contributed by atoms with Crippen LogP contribution in [0.5, 0.6) is 0 Å². The molecular weight excluding hydrogens is 236 g/mol. The Kier molecular flexibility index (Phi) is 3.45. The second-order valence-electron chi connectivity index (χ2n) is 4.46. The van der Waals surface area contributed by atoms with Crippen molar-refractivity contribution in [3.05, 3.63) is 34.4 Å². The average Bonchev–Trinajstić information content (AvgIpc) is 3.11. The first-order valence-electron chi connectivity index (χ1n) is 5.78. The highest BCUT2D eigenvalue weighted by atomic mass is 16.6. The molecule has 6 nitrogen and oxygen atoms in total. The van der Waals surface area contributed by atoms with Gasteiger partial charge in [-0.3, -0.25) is 14.9 Å². The summed E-state index contributed by atoms with van der Waals surface area (Å²) in [6.07, 6.45) is 2.13. The molecule has 0 spiro atoms. The van der Waals surface area contributed by atoms with Gasteiger partial charge in [-0.2, -0.15) is 0 Å². The van der Waals surface area contributed by atoms with Gasteiger partial charge in [0.05, 0.1) is 4.92 Å². The molecule has 18 heavy (non-hydrogen) atoms. The third-order valence-corrected chi connectivity index (χ3v) is 2.92. The first kappa shape index (κ1) is 12.3. The van der Waals surface area contributed by atoms with Gasteiger partial charge >= 0.3 is 5.97 Å². The third-order valence-electron chi connectivity index (χ3n) is 2.92. The van der Waals surface area contributed by atoms with Gasteiger partial charge in [0.25, 0.3) is 5.69 Å². The Bertz CT molecular complexity index is 471. The van der Waals surface area contributed by atoms with Crippen LogP contribution in [0.4, 0.5) is 11.4 Å². The van der Waals surface area contributed by atoms with E-state index in [4.69, 9.17) is 5.11 Å². The molecular formula is C12H14N2O4. The van der Waals surface area contributed by atoms with Crippen molar-refractivity contribution >= 4 is 17.3 Å². The average molecular weight is 250 g/mol. The molecule has 0 bridgehead atoms. The van der Waals surface area contributed by atoms with E-state index in [0.717, 1.165) is 12.8 Å². The monoisotopic (exact) mass is 250 g/mol. The summed E-state index contributed by atoms with van der Waals surface area (Å²) >= 11 is 0. The van der Waals surface area contributed by atoms with Crippen LogP contribution in [0.25, 0.3) is 0 Å². The standard InChI is InChI=1S/C12H14N2O4/c15-12(16)8-13(7-9-5-6-9)10-3-1-2-4-11(10)14(17)18/h1-4,9H,5-8H2,(H,15,16). The second kappa shape index (κ2) is 5.03. The third kappa shape index (κ3) is 2.97. The predicted octanol–water partition coefficient (Wildman–Crippen LogP) is 1.90. The number of nitro benzene ring substituents is 1. The highest BCUT2D eigenvalue weighted by Gasteiger charge is 2.28. The molecule has 2 rings (SSSR count). The smallest absolute Gasteiger partial charge is 0.323 e. The minimum Gasteiger partial charge on any atom is -0.480 e. The number of rotatable bonds is 6. The van der Waals surface area contributed by atoms with E-state index in [9.17, 15) is 14.9 Å². The minimum atomic E-state index is -0.978. The van der Waals surface area contributed by atoms with Gasteiger partial charge in [0.1, 0.15) is 12.2 Å². The van der Waals surface area contributed by atoms with Gasteiger partial charge in [-0.1, -0.05) is 12.1 Å². The Labute approximate surface area is 104 Å². The molecule has 1 aromatic carbocycles. The van der Waals surface area contributed by atoms with Crippen molar-refractivity contribution in [2.75, 3.05) is 18.0 Å². The van der Waals surface area contributed by atoms with Gasteiger partial charge < -0.3 is 10.0 Å². The van der Waals surface area contributed by atoms with Gasteiger partial charge in [-0.25, -0.2) is 0 Å². The molecule has 0 atom stereocenters. The summed E-state index contributed by atoms with van der Waals surface area (Å²) in [4.78, 5) is 22.9. The number of anilines is 1. The molecule has 0 amide bonds. The number of para-hydroxylation sites is 2. The predicted molar refractivity (Wildman–Crippen MR) is 65.7 cm³/mol. The van der Waals surface area contributed by atoms with Crippen molar-refractivity contribution in [3.63, 3.8) is 0 Å². The Balaban J connectivity index is 2.27. The van der Waals surface area contributed by atoms with Crippen LogP contribution in [0.1, 0.15) is 12.8 Å². The zero-order valence-corrected chi connectivity index (χ0v) is 9.78. The molecule has 0 aromatic heterocycles. The molecule has 1 aromatic rings. The lowest BCUT2D eigenvalue weighted by Gasteiger charge is -2.22. The molecule has 1 saturated carbocycles. The van der Waals surface area contributed by atoms with Gasteiger partial charge in [-0.05, 0) is 24.8 Å². The van der Waals surface area contributed by atoms with E-state index in [1.807, 2.05) is 0 Å². The quantitative estimate of drug-likeness (QED) is 0.615. The summed E-state index contributed by atoms with van der Waals surface area (Å²) in [6, 6.07) is 6.27. The van der Waals surface area contributed by atoms with Gasteiger partial charge in [0.15, 0.2) is 0 Å². The first-order valence-corrected chi connectivity index (χ1v) is 5.78. The normalized spacial score (nSPS) is 14.2. The van der Waals surface area contributed by atoms with Crippen LogP contribution in [0, 0.1) is 16.0 Å². The van der Waals surface area contributed by atoms with Crippen molar-refractivity contribution in [1.29, 1.82) is 0 Å². The fourth-order valence-corrected chi connectivity index (χ4v) is 1.91. The Morgan fingerprint density at radius 2 is 2.11 bits per heavy atom. The number of nitrogens with zero attached hydrogens (tertiary/aromatic N) is 2. The van der Waals surface area contributed by atoms with E-state index >= 15 is 0 Å². The lowest BCUT2D eigenvalue weighted by Crippen LogP contribution is -2.32. The minimum absolute atomic E-state index is 0.0422. The zero-order valence-electron chi connectivity index (χ0n) is 9.78. The van der Waals surface area contributed by atoms with Crippen LogP contribution in [0.2, 0.25) is 0 Å². The molecule has 6 heteroatoms. The highest BCUT2D eigenvalue weighted by Crippen LogP contribution is 2.34. The van der Waals surface area contributed by atoms with Gasteiger partial charge in [0.2, 0.25) is 0 Å². The number of carboxylic acids is 1. The number of hydrogen-bond acceptors (Lipinski definition) is 4. The number of carboxylic acid groups (broad SMARTS) is 1. The first-order chi connectivity index (χ1) is 8.58. The number of carbonyl (C=O) groups is 1. The number of nitro groups is 1. The summed E-state index contributed by atoms with van der Waals surface area (Å²) in [7, 11) is 0. The lowest BCUT2D eigenvalue weighted by molar-refractivity contribution is -0.384. The molecule has 1 fully saturated rings. The maximum absolute atomic E-state index is 10.9. The van der Waals surface area contributed by atoms with E-state index in [1.54, 1.807) is 23.1 Å². The van der Waals surface area contributed by atoms with Crippen molar-refractivity contribution in [2.45, 2.75) is 12.8 Å². The Hall–Kier alpha value is -2.11. The summed E-state index contributed by atoms with van der Waals surface area (Å²) in [5, 5.41) is 19.8.